The molecular weight excluding hydrogens is 363 g/mol. The average Bonchev–Trinajstić information content (AvgIpc) is 2.91. The van der Waals surface area contributed by atoms with Crippen molar-refractivity contribution in [2.24, 2.45) is 28.6 Å². The third-order valence-electron chi connectivity index (χ3n) is 9.36. The maximum Gasteiger partial charge on any atom is 0.0657 e. The number of fused-ring (bicyclic) bond motifs is 5. The van der Waals surface area contributed by atoms with Crippen molar-refractivity contribution >= 4 is 9.24 Å². The van der Waals surface area contributed by atoms with Crippen LogP contribution in [0.2, 0.25) is 0 Å². The minimum Gasteiger partial charge on any atom is -0.390 e. The van der Waals surface area contributed by atoms with Crippen LogP contribution in [0.15, 0.2) is 11.6 Å². The molecule has 0 aromatic rings. The molecule has 0 heterocycles. The maximum atomic E-state index is 10.6. The third-order valence-corrected chi connectivity index (χ3v) is 9.65. The van der Waals surface area contributed by atoms with E-state index in [1.807, 2.05) is 6.92 Å². The van der Waals surface area contributed by atoms with Crippen LogP contribution < -0.4 is 0 Å². The van der Waals surface area contributed by atoms with Crippen LogP contribution in [0.5, 0.6) is 0 Å². The van der Waals surface area contributed by atoms with Gasteiger partial charge in [0.1, 0.15) is 0 Å². The summed E-state index contributed by atoms with van der Waals surface area (Å²) in [5, 5.41) is 10.9. The van der Waals surface area contributed by atoms with E-state index in [0.29, 0.717) is 16.9 Å². The van der Waals surface area contributed by atoms with Gasteiger partial charge in [-0.1, -0.05) is 39.3 Å². The van der Waals surface area contributed by atoms with Gasteiger partial charge >= 0.3 is 0 Å². The summed E-state index contributed by atoms with van der Waals surface area (Å²) in [6, 6.07) is 0. The SMILES string of the molecule is CC(C)(P)CCO[C@H]1CCC2C3CC=C4C[C@@](C)(O)CC[C@]4(C)C3CC[C@@]21C. The van der Waals surface area contributed by atoms with E-state index in [2.05, 4.69) is 43.0 Å². The molecule has 8 atom stereocenters. The first-order chi connectivity index (χ1) is 12.9. The van der Waals surface area contributed by atoms with Gasteiger partial charge < -0.3 is 9.84 Å². The number of ether oxygens (including phenoxy) is 1. The number of aliphatic hydroxyl groups is 1. The van der Waals surface area contributed by atoms with E-state index in [4.69, 9.17) is 4.74 Å². The average molecular weight is 407 g/mol. The van der Waals surface area contributed by atoms with E-state index in [1.54, 1.807) is 5.57 Å². The van der Waals surface area contributed by atoms with Crippen LogP contribution in [0, 0.1) is 28.6 Å². The molecule has 0 radical (unpaired) electrons. The van der Waals surface area contributed by atoms with Crippen LogP contribution in [0.3, 0.4) is 0 Å². The monoisotopic (exact) mass is 406 g/mol. The number of hydrogen-bond acceptors (Lipinski definition) is 2. The zero-order chi connectivity index (χ0) is 20.4. The van der Waals surface area contributed by atoms with Crippen molar-refractivity contribution in [3.05, 3.63) is 11.6 Å². The topological polar surface area (TPSA) is 29.5 Å². The standard InChI is InChI=1S/C25H43O2P/c1-22(2,28)14-15-27-21-9-8-19-18-7-6-17-16-23(3,26)12-13-24(17,4)20(18)10-11-25(19,21)5/h6,18-21,26H,7-16,28H2,1-5H3/t18?,19?,20?,21-,23-,24-,25-/m0/s1. The van der Waals surface area contributed by atoms with Gasteiger partial charge in [-0.3, -0.25) is 0 Å². The lowest BCUT2D eigenvalue weighted by Crippen LogP contribution is -2.52. The summed E-state index contributed by atoms with van der Waals surface area (Å²) in [5.74, 6) is 2.45. The Balaban J connectivity index is 1.49. The maximum absolute atomic E-state index is 10.6. The van der Waals surface area contributed by atoms with Crippen molar-refractivity contribution in [2.45, 2.75) is 109 Å². The summed E-state index contributed by atoms with van der Waals surface area (Å²) in [5.41, 5.74) is 1.78. The molecule has 0 aromatic heterocycles. The number of hydrogen-bond donors (Lipinski definition) is 1. The molecule has 1 N–H and O–H groups in total. The fourth-order valence-corrected chi connectivity index (χ4v) is 7.61. The van der Waals surface area contributed by atoms with Gasteiger partial charge in [-0.05, 0) is 98.5 Å². The third kappa shape index (κ3) is 3.65. The van der Waals surface area contributed by atoms with E-state index in [9.17, 15) is 5.11 Å². The van der Waals surface area contributed by atoms with E-state index >= 15 is 0 Å². The fraction of sp³-hybridized carbons (Fsp3) is 0.920. The molecule has 0 amide bonds. The first kappa shape index (κ1) is 21.3. The fourth-order valence-electron chi connectivity index (χ4n) is 7.49. The van der Waals surface area contributed by atoms with Gasteiger partial charge in [-0.2, -0.15) is 0 Å². The van der Waals surface area contributed by atoms with E-state index in [1.165, 1.54) is 38.5 Å². The predicted octanol–water partition coefficient (Wildman–Crippen LogP) is 6.13. The summed E-state index contributed by atoms with van der Waals surface area (Å²) in [6.45, 7) is 12.6. The largest absolute Gasteiger partial charge is 0.390 e. The summed E-state index contributed by atoms with van der Waals surface area (Å²) in [4.78, 5) is 0. The van der Waals surface area contributed by atoms with Gasteiger partial charge in [-0.25, -0.2) is 0 Å². The van der Waals surface area contributed by atoms with Crippen molar-refractivity contribution in [3.8, 4) is 0 Å². The van der Waals surface area contributed by atoms with Crippen LogP contribution in [-0.4, -0.2) is 28.6 Å². The lowest BCUT2D eigenvalue weighted by atomic mass is 9.47. The molecule has 4 aliphatic carbocycles. The summed E-state index contributed by atoms with van der Waals surface area (Å²) >= 11 is 0. The van der Waals surface area contributed by atoms with Gasteiger partial charge in [0.25, 0.3) is 0 Å². The highest BCUT2D eigenvalue weighted by Crippen LogP contribution is 2.65. The molecular formula is C25H43O2P. The zero-order valence-corrected chi connectivity index (χ0v) is 20.0. The van der Waals surface area contributed by atoms with Gasteiger partial charge in [0.2, 0.25) is 0 Å². The molecule has 0 aliphatic heterocycles. The minimum absolute atomic E-state index is 0.276. The highest BCUT2D eigenvalue weighted by Gasteiger charge is 2.59. The van der Waals surface area contributed by atoms with Crippen molar-refractivity contribution in [3.63, 3.8) is 0 Å². The van der Waals surface area contributed by atoms with Crippen molar-refractivity contribution in [2.75, 3.05) is 6.61 Å². The molecule has 2 nitrogen and oxygen atoms in total. The zero-order valence-electron chi connectivity index (χ0n) is 18.9. The Kier molecular flexibility index (Phi) is 5.38. The molecule has 160 valence electrons. The minimum atomic E-state index is -0.487. The van der Waals surface area contributed by atoms with Crippen molar-refractivity contribution in [1.82, 2.24) is 0 Å². The molecule has 0 bridgehead atoms. The summed E-state index contributed by atoms with van der Waals surface area (Å²) in [6.07, 6.45) is 13.7. The number of allylic oxidation sites excluding steroid dienone is 1. The molecule has 0 aromatic carbocycles. The molecule has 28 heavy (non-hydrogen) atoms. The first-order valence-electron chi connectivity index (χ1n) is 11.8. The smallest absolute Gasteiger partial charge is 0.0657 e. The van der Waals surface area contributed by atoms with Crippen LogP contribution in [0.1, 0.15) is 92.4 Å². The Hall–Kier alpha value is 0.0900. The van der Waals surface area contributed by atoms with Gasteiger partial charge in [0.05, 0.1) is 11.7 Å². The van der Waals surface area contributed by atoms with E-state index in [-0.39, 0.29) is 5.16 Å². The molecule has 3 heteroatoms. The Bertz CT molecular complexity index is 633. The van der Waals surface area contributed by atoms with Crippen LogP contribution in [0.4, 0.5) is 0 Å². The second-order valence-corrected chi connectivity index (χ2v) is 13.7. The molecule has 4 unspecified atom stereocenters. The molecule has 3 fully saturated rings. The lowest BCUT2D eigenvalue weighted by Gasteiger charge is -2.58. The van der Waals surface area contributed by atoms with Crippen molar-refractivity contribution in [1.29, 1.82) is 0 Å². The van der Waals surface area contributed by atoms with Gasteiger partial charge in [-0.15, -0.1) is 9.24 Å². The first-order valence-corrected chi connectivity index (χ1v) is 12.3. The molecule has 4 rings (SSSR count). The van der Waals surface area contributed by atoms with Crippen LogP contribution >= 0.6 is 9.24 Å². The van der Waals surface area contributed by atoms with Gasteiger partial charge in [0.15, 0.2) is 0 Å². The highest BCUT2D eigenvalue weighted by molar-refractivity contribution is 7.18. The Morgan fingerprint density at radius 2 is 1.86 bits per heavy atom. The Morgan fingerprint density at radius 1 is 1.11 bits per heavy atom. The van der Waals surface area contributed by atoms with Crippen molar-refractivity contribution < 1.29 is 9.84 Å². The van der Waals surface area contributed by atoms with E-state index < -0.39 is 5.60 Å². The molecule has 0 saturated heterocycles. The lowest BCUT2D eigenvalue weighted by molar-refractivity contribution is -0.0989. The molecule has 3 saturated carbocycles. The normalized spacial score (nSPS) is 48.5. The second kappa shape index (κ2) is 7.06. The Morgan fingerprint density at radius 3 is 2.57 bits per heavy atom. The van der Waals surface area contributed by atoms with E-state index in [0.717, 1.165) is 43.6 Å². The van der Waals surface area contributed by atoms with Crippen LogP contribution in [-0.2, 0) is 4.74 Å². The molecule has 0 spiro atoms. The van der Waals surface area contributed by atoms with Gasteiger partial charge in [0, 0.05) is 6.61 Å². The summed E-state index contributed by atoms with van der Waals surface area (Å²) < 4.78 is 6.53. The quantitative estimate of drug-likeness (QED) is 0.449. The summed E-state index contributed by atoms with van der Waals surface area (Å²) in [7, 11) is 2.96. The molecule has 4 aliphatic rings. The highest BCUT2D eigenvalue weighted by atomic mass is 31.0. The van der Waals surface area contributed by atoms with Crippen LogP contribution in [0.25, 0.3) is 0 Å². The second-order valence-electron chi connectivity index (χ2n) is 12.2. The predicted molar refractivity (Wildman–Crippen MR) is 120 cm³/mol. The Labute approximate surface area is 175 Å². The number of rotatable bonds is 4.